The van der Waals surface area contributed by atoms with Crippen molar-refractivity contribution >= 4 is 27.5 Å². The molecule has 1 amide bonds. The molecule has 2 bridgehead atoms. The van der Waals surface area contributed by atoms with Crippen LogP contribution in [0.15, 0.2) is 23.7 Å². The van der Waals surface area contributed by atoms with Crippen molar-refractivity contribution in [2.45, 2.75) is 31.8 Å². The summed E-state index contributed by atoms with van der Waals surface area (Å²) >= 11 is 1.60. The third-order valence-electron chi connectivity index (χ3n) is 5.04. The van der Waals surface area contributed by atoms with E-state index in [1.165, 1.54) is 25.9 Å². The van der Waals surface area contributed by atoms with E-state index in [0.29, 0.717) is 17.5 Å². The maximum Gasteiger partial charge on any atom is 0.253 e. The van der Waals surface area contributed by atoms with E-state index >= 15 is 0 Å². The van der Waals surface area contributed by atoms with Crippen LogP contribution in [0.4, 0.5) is 0 Å². The first-order valence-electron chi connectivity index (χ1n) is 7.60. The van der Waals surface area contributed by atoms with E-state index in [9.17, 15) is 4.79 Å². The van der Waals surface area contributed by atoms with Gasteiger partial charge >= 0.3 is 0 Å². The van der Waals surface area contributed by atoms with Gasteiger partial charge in [-0.1, -0.05) is 0 Å². The van der Waals surface area contributed by atoms with E-state index in [-0.39, 0.29) is 11.9 Å². The Hall–Kier alpha value is -1.46. The summed E-state index contributed by atoms with van der Waals surface area (Å²) in [7, 11) is 0. The van der Waals surface area contributed by atoms with E-state index < -0.39 is 0 Å². The Kier molecular flexibility index (Phi) is 3.19. The molecule has 3 aliphatic heterocycles. The lowest BCUT2D eigenvalue weighted by Gasteiger charge is -2.49. The molecule has 0 aromatic carbocycles. The van der Waals surface area contributed by atoms with Crippen LogP contribution >= 0.6 is 11.3 Å². The Morgan fingerprint density at radius 3 is 3.00 bits per heavy atom. The van der Waals surface area contributed by atoms with Crippen LogP contribution in [0.1, 0.15) is 30.1 Å². The highest BCUT2D eigenvalue weighted by Crippen LogP contribution is 2.32. The third kappa shape index (κ3) is 2.24. The van der Waals surface area contributed by atoms with E-state index in [2.05, 4.69) is 22.1 Å². The highest BCUT2D eigenvalue weighted by Gasteiger charge is 2.40. The fourth-order valence-corrected chi connectivity index (χ4v) is 4.48. The zero-order chi connectivity index (χ0) is 14.4. The van der Waals surface area contributed by atoms with E-state index in [1.807, 2.05) is 17.5 Å². The molecule has 1 N–H and O–H groups in total. The smallest absolute Gasteiger partial charge is 0.253 e. The summed E-state index contributed by atoms with van der Waals surface area (Å²) in [6.07, 6.45) is 4.11. The predicted octanol–water partition coefficient (Wildman–Crippen LogP) is 2.51. The fourth-order valence-electron chi connectivity index (χ4n) is 3.76. The maximum absolute atomic E-state index is 12.5. The highest BCUT2D eigenvalue weighted by atomic mass is 32.1. The number of fused-ring (bicyclic) bond motifs is 4. The van der Waals surface area contributed by atoms with Crippen LogP contribution in [0.2, 0.25) is 0 Å². The molecule has 110 valence electrons. The van der Waals surface area contributed by atoms with Crippen molar-refractivity contribution in [3.63, 3.8) is 0 Å². The van der Waals surface area contributed by atoms with Crippen molar-refractivity contribution in [2.75, 3.05) is 13.1 Å². The minimum atomic E-state index is 0.0150. The second-order valence-electron chi connectivity index (χ2n) is 6.15. The summed E-state index contributed by atoms with van der Waals surface area (Å²) < 4.78 is 0. The lowest BCUT2D eigenvalue weighted by Crippen LogP contribution is -2.62. The molecule has 0 unspecified atom stereocenters. The molecule has 3 saturated heterocycles. The number of carbonyl (C=O) groups is 1. The molecule has 21 heavy (non-hydrogen) atoms. The Bertz CT molecular complexity index is 673. The van der Waals surface area contributed by atoms with Crippen LogP contribution in [0, 0.1) is 5.92 Å². The Morgan fingerprint density at radius 1 is 1.43 bits per heavy atom. The van der Waals surface area contributed by atoms with Crippen LogP contribution in [-0.4, -0.2) is 41.0 Å². The Morgan fingerprint density at radius 2 is 2.24 bits per heavy atom. The normalized spacial score (nSPS) is 31.5. The van der Waals surface area contributed by atoms with Crippen molar-refractivity contribution in [2.24, 2.45) is 5.92 Å². The SMILES string of the molecule is C[C@H]1[C@H](NC(=O)c2cnc3sccc3c2)C2CCN1CC2. The predicted molar refractivity (Wildman–Crippen MR) is 84.6 cm³/mol. The molecule has 3 aliphatic rings. The number of amides is 1. The monoisotopic (exact) mass is 301 g/mol. The van der Waals surface area contributed by atoms with Crippen LogP contribution in [-0.2, 0) is 0 Å². The van der Waals surface area contributed by atoms with Crippen molar-refractivity contribution < 1.29 is 4.79 Å². The van der Waals surface area contributed by atoms with Gasteiger partial charge in [0.15, 0.2) is 0 Å². The zero-order valence-electron chi connectivity index (χ0n) is 12.1. The average Bonchev–Trinajstić information content (AvgIpc) is 2.98. The van der Waals surface area contributed by atoms with Crippen molar-refractivity contribution in [1.29, 1.82) is 0 Å². The number of nitrogens with one attached hydrogen (secondary N) is 1. The molecular formula is C16H19N3OS. The number of hydrogen-bond acceptors (Lipinski definition) is 4. The third-order valence-corrected chi connectivity index (χ3v) is 5.88. The molecule has 5 rings (SSSR count). The number of thiophene rings is 1. The summed E-state index contributed by atoms with van der Waals surface area (Å²) in [4.78, 5) is 20.4. The lowest BCUT2D eigenvalue weighted by molar-refractivity contribution is 0.0217. The molecule has 3 fully saturated rings. The van der Waals surface area contributed by atoms with Gasteiger partial charge in [0.25, 0.3) is 5.91 Å². The first-order valence-corrected chi connectivity index (χ1v) is 8.48. The first-order chi connectivity index (χ1) is 10.2. The molecule has 5 heterocycles. The number of pyridine rings is 1. The van der Waals surface area contributed by atoms with Gasteiger partial charge in [0.1, 0.15) is 4.83 Å². The number of nitrogens with zero attached hydrogens (tertiary/aromatic N) is 2. The van der Waals surface area contributed by atoms with E-state index in [4.69, 9.17) is 0 Å². The van der Waals surface area contributed by atoms with Gasteiger partial charge in [-0.05, 0) is 56.3 Å². The molecule has 5 heteroatoms. The summed E-state index contributed by atoms with van der Waals surface area (Å²) in [5.41, 5.74) is 0.671. The largest absolute Gasteiger partial charge is 0.347 e. The van der Waals surface area contributed by atoms with Gasteiger partial charge < -0.3 is 5.32 Å². The van der Waals surface area contributed by atoms with Gasteiger partial charge in [-0.15, -0.1) is 11.3 Å². The summed E-state index contributed by atoms with van der Waals surface area (Å²) in [5, 5.41) is 6.32. The van der Waals surface area contributed by atoms with Crippen LogP contribution in [0.5, 0.6) is 0 Å². The molecule has 2 atom stereocenters. The van der Waals surface area contributed by atoms with Gasteiger partial charge in [-0.3, -0.25) is 9.69 Å². The Balaban J connectivity index is 1.54. The molecule has 4 nitrogen and oxygen atoms in total. The van der Waals surface area contributed by atoms with Gasteiger partial charge in [-0.2, -0.15) is 0 Å². The molecule has 0 spiro atoms. The number of carbonyl (C=O) groups excluding carboxylic acids is 1. The molecular weight excluding hydrogens is 282 g/mol. The van der Waals surface area contributed by atoms with E-state index in [0.717, 1.165) is 10.2 Å². The van der Waals surface area contributed by atoms with Gasteiger partial charge in [0.2, 0.25) is 0 Å². The van der Waals surface area contributed by atoms with Crippen molar-refractivity contribution in [3.05, 3.63) is 29.3 Å². The molecule has 0 radical (unpaired) electrons. The minimum absolute atomic E-state index is 0.0150. The molecule has 0 saturated carbocycles. The van der Waals surface area contributed by atoms with Gasteiger partial charge in [0, 0.05) is 23.7 Å². The lowest BCUT2D eigenvalue weighted by atomic mass is 9.79. The maximum atomic E-state index is 12.5. The minimum Gasteiger partial charge on any atom is -0.347 e. The standard InChI is InChI=1S/C16H19N3OS/c1-10-14(11-2-5-19(10)6-3-11)18-15(20)13-8-12-4-7-21-16(12)17-9-13/h4,7-11,14H,2-3,5-6H2,1H3,(H,18,20)/t10-,14-/m0/s1. The zero-order valence-corrected chi connectivity index (χ0v) is 12.9. The average molecular weight is 301 g/mol. The molecule has 2 aromatic heterocycles. The summed E-state index contributed by atoms with van der Waals surface area (Å²) in [5.74, 6) is 0.646. The molecule has 0 aliphatic carbocycles. The Labute approximate surface area is 128 Å². The number of rotatable bonds is 2. The van der Waals surface area contributed by atoms with Crippen LogP contribution < -0.4 is 5.32 Å². The molecule has 2 aromatic rings. The summed E-state index contributed by atoms with van der Waals surface area (Å²) in [6, 6.07) is 4.68. The van der Waals surface area contributed by atoms with Crippen LogP contribution in [0.3, 0.4) is 0 Å². The summed E-state index contributed by atoms with van der Waals surface area (Å²) in [6.45, 7) is 4.60. The number of hydrogen-bond donors (Lipinski definition) is 1. The number of piperidine rings is 3. The topological polar surface area (TPSA) is 45.2 Å². The number of aromatic nitrogens is 1. The quantitative estimate of drug-likeness (QED) is 0.927. The van der Waals surface area contributed by atoms with Crippen molar-refractivity contribution in [1.82, 2.24) is 15.2 Å². The van der Waals surface area contributed by atoms with Gasteiger partial charge in [0.05, 0.1) is 5.56 Å². The van der Waals surface area contributed by atoms with E-state index in [1.54, 1.807) is 17.5 Å². The van der Waals surface area contributed by atoms with Crippen molar-refractivity contribution in [3.8, 4) is 0 Å². The second kappa shape index (κ2) is 5.07. The van der Waals surface area contributed by atoms with Crippen LogP contribution in [0.25, 0.3) is 10.2 Å². The van der Waals surface area contributed by atoms with Gasteiger partial charge in [-0.25, -0.2) is 4.98 Å². The highest BCUT2D eigenvalue weighted by molar-refractivity contribution is 7.16. The first kappa shape index (κ1) is 13.2. The second-order valence-corrected chi connectivity index (χ2v) is 7.05. The fraction of sp³-hybridized carbons (Fsp3) is 0.500.